The van der Waals surface area contributed by atoms with Crippen molar-refractivity contribution >= 4 is 13.6 Å². The van der Waals surface area contributed by atoms with Crippen molar-refractivity contribution in [3.8, 4) is 23.0 Å². The van der Waals surface area contributed by atoms with Gasteiger partial charge in [-0.25, -0.2) is 4.57 Å². The SMILES string of the molecule is O=P(/N=C1/Cc2ccc(O)cc2C(C2CC2)N1Cc1cccc(OC(F)(F)F)c1)(Oc1ccccc1)Oc1ccccc1. The van der Waals surface area contributed by atoms with E-state index in [1.54, 1.807) is 78.9 Å². The molecule has 0 aromatic heterocycles. The second-order valence-corrected chi connectivity index (χ2v) is 12.0. The molecule has 1 aliphatic carbocycles. The average Bonchev–Trinajstić information content (AvgIpc) is 3.79. The second kappa shape index (κ2) is 11.7. The number of hydrogen-bond donors (Lipinski definition) is 1. The first-order valence-electron chi connectivity index (χ1n) is 13.8. The zero-order valence-electron chi connectivity index (χ0n) is 22.9. The number of ether oxygens (including phenoxy) is 1. The number of phenolic OH excluding ortho intramolecular Hbond substituents is 1. The molecule has 1 heterocycles. The molecule has 7 nitrogen and oxygen atoms in total. The summed E-state index contributed by atoms with van der Waals surface area (Å²) in [5.41, 5.74) is 2.32. The van der Waals surface area contributed by atoms with Crippen LogP contribution in [-0.4, -0.2) is 22.2 Å². The number of para-hydroxylation sites is 2. The molecule has 11 heteroatoms. The molecule has 1 saturated carbocycles. The minimum atomic E-state index is -4.83. The number of hydrogen-bond acceptors (Lipinski definition) is 5. The topological polar surface area (TPSA) is 80.6 Å². The predicted octanol–water partition coefficient (Wildman–Crippen LogP) is 8.46. The second-order valence-electron chi connectivity index (χ2n) is 10.5. The average molecular weight is 609 g/mol. The highest BCUT2D eigenvalue weighted by Crippen LogP contribution is 2.53. The Bertz CT molecular complexity index is 1620. The number of rotatable bonds is 9. The maximum Gasteiger partial charge on any atom is 0.573 e. The summed E-state index contributed by atoms with van der Waals surface area (Å²) in [6, 6.07) is 27.8. The highest BCUT2D eigenvalue weighted by molar-refractivity contribution is 7.53. The molecule has 2 aliphatic rings. The molecule has 1 unspecified atom stereocenters. The maximum absolute atomic E-state index is 14.4. The zero-order valence-corrected chi connectivity index (χ0v) is 23.7. The molecule has 0 bridgehead atoms. The Morgan fingerprint density at radius 3 is 2.07 bits per heavy atom. The molecule has 222 valence electrons. The number of amidine groups is 1. The highest BCUT2D eigenvalue weighted by atomic mass is 31.2. The smallest absolute Gasteiger partial charge is 0.508 e. The van der Waals surface area contributed by atoms with Gasteiger partial charge in [0.2, 0.25) is 0 Å². The van der Waals surface area contributed by atoms with Crippen LogP contribution >= 0.6 is 7.75 Å². The number of alkyl halides is 3. The Hall–Kier alpha value is -4.43. The largest absolute Gasteiger partial charge is 0.573 e. The van der Waals surface area contributed by atoms with Gasteiger partial charge in [-0.2, -0.15) is 0 Å². The van der Waals surface area contributed by atoms with E-state index in [2.05, 4.69) is 9.50 Å². The van der Waals surface area contributed by atoms with Crippen LogP contribution in [0, 0.1) is 5.92 Å². The first-order chi connectivity index (χ1) is 20.6. The van der Waals surface area contributed by atoms with Gasteiger partial charge < -0.3 is 23.8 Å². The molecule has 6 rings (SSSR count). The number of halogens is 3. The molecule has 1 atom stereocenters. The molecule has 1 N–H and O–H groups in total. The van der Waals surface area contributed by atoms with Crippen molar-refractivity contribution in [3.63, 3.8) is 0 Å². The van der Waals surface area contributed by atoms with E-state index in [1.807, 2.05) is 11.0 Å². The molecule has 0 saturated heterocycles. The third-order valence-electron chi connectivity index (χ3n) is 7.18. The molecule has 1 fully saturated rings. The summed E-state index contributed by atoms with van der Waals surface area (Å²) in [5.74, 6) is 0.962. The fourth-order valence-corrected chi connectivity index (χ4v) is 6.65. The number of fused-ring (bicyclic) bond motifs is 1. The van der Waals surface area contributed by atoms with E-state index >= 15 is 0 Å². The minimum absolute atomic E-state index is 0.107. The van der Waals surface area contributed by atoms with Crippen molar-refractivity contribution in [2.45, 2.75) is 38.2 Å². The van der Waals surface area contributed by atoms with Gasteiger partial charge in [-0.15, -0.1) is 17.9 Å². The van der Waals surface area contributed by atoms with E-state index in [4.69, 9.17) is 9.05 Å². The van der Waals surface area contributed by atoms with Crippen LogP contribution in [0.5, 0.6) is 23.0 Å². The Labute approximate surface area is 246 Å². The van der Waals surface area contributed by atoms with Gasteiger partial charge >= 0.3 is 14.1 Å². The van der Waals surface area contributed by atoms with Crippen LogP contribution in [0.25, 0.3) is 0 Å². The number of phenols is 1. The van der Waals surface area contributed by atoms with E-state index in [0.29, 0.717) is 22.9 Å². The first-order valence-corrected chi connectivity index (χ1v) is 15.3. The third-order valence-corrected chi connectivity index (χ3v) is 8.54. The Morgan fingerprint density at radius 2 is 1.47 bits per heavy atom. The fourth-order valence-electron chi connectivity index (χ4n) is 5.29. The van der Waals surface area contributed by atoms with Crippen LogP contribution in [-0.2, 0) is 17.5 Å². The molecule has 0 radical (unpaired) electrons. The van der Waals surface area contributed by atoms with E-state index in [-0.39, 0.29) is 36.4 Å². The quantitative estimate of drug-likeness (QED) is 0.192. The van der Waals surface area contributed by atoms with E-state index < -0.39 is 14.1 Å². The Balaban J connectivity index is 1.44. The molecule has 0 spiro atoms. The van der Waals surface area contributed by atoms with Gasteiger partial charge in [0, 0.05) is 13.0 Å². The Morgan fingerprint density at radius 1 is 0.837 bits per heavy atom. The van der Waals surface area contributed by atoms with Gasteiger partial charge in [0.05, 0.1) is 6.04 Å². The van der Waals surface area contributed by atoms with Crippen molar-refractivity contribution in [1.29, 1.82) is 0 Å². The van der Waals surface area contributed by atoms with Gasteiger partial charge in [-0.1, -0.05) is 54.6 Å². The van der Waals surface area contributed by atoms with E-state index in [0.717, 1.165) is 24.0 Å². The van der Waals surface area contributed by atoms with Gasteiger partial charge in [0.15, 0.2) is 0 Å². The normalized spacial score (nSPS) is 17.8. The lowest BCUT2D eigenvalue weighted by Crippen LogP contribution is -2.41. The van der Waals surface area contributed by atoms with Crippen LogP contribution in [0.3, 0.4) is 0 Å². The van der Waals surface area contributed by atoms with Crippen LogP contribution in [0.1, 0.15) is 35.6 Å². The Kier molecular flexibility index (Phi) is 7.79. The van der Waals surface area contributed by atoms with E-state index in [9.17, 15) is 22.8 Å². The fraction of sp³-hybridized carbons (Fsp3) is 0.219. The summed E-state index contributed by atoms with van der Waals surface area (Å²) in [6.45, 7) is 0.140. The van der Waals surface area contributed by atoms with E-state index in [1.165, 1.54) is 18.2 Å². The van der Waals surface area contributed by atoms with Crippen LogP contribution < -0.4 is 13.8 Å². The lowest BCUT2D eigenvalue weighted by Gasteiger charge is -2.40. The molecule has 4 aromatic rings. The maximum atomic E-state index is 14.4. The van der Waals surface area contributed by atoms with Gasteiger partial charge in [0.1, 0.15) is 28.8 Å². The molecular formula is C32H28F3N2O5P. The number of nitrogens with zero attached hydrogens (tertiary/aromatic N) is 2. The van der Waals surface area contributed by atoms with Crippen molar-refractivity contribution in [2.75, 3.05) is 0 Å². The monoisotopic (exact) mass is 608 g/mol. The summed E-state index contributed by atoms with van der Waals surface area (Å²) < 4.78 is 74.1. The van der Waals surface area contributed by atoms with Crippen molar-refractivity contribution in [1.82, 2.24) is 4.90 Å². The molecule has 43 heavy (non-hydrogen) atoms. The summed E-state index contributed by atoms with van der Waals surface area (Å²) in [7, 11) is -4.25. The van der Waals surface area contributed by atoms with Crippen LogP contribution in [0.2, 0.25) is 0 Å². The third kappa shape index (κ3) is 7.14. The van der Waals surface area contributed by atoms with Crippen LogP contribution in [0.15, 0.2) is 108 Å². The lowest BCUT2D eigenvalue weighted by molar-refractivity contribution is -0.274. The molecule has 4 aromatic carbocycles. The summed E-state index contributed by atoms with van der Waals surface area (Å²) in [4.78, 5) is 1.93. The minimum Gasteiger partial charge on any atom is -0.508 e. The number of aromatic hydroxyl groups is 1. The van der Waals surface area contributed by atoms with Gasteiger partial charge in [-0.3, -0.25) is 0 Å². The van der Waals surface area contributed by atoms with Gasteiger partial charge in [0.25, 0.3) is 0 Å². The van der Waals surface area contributed by atoms with Gasteiger partial charge in [-0.05, 0) is 84.0 Å². The summed E-state index contributed by atoms with van der Waals surface area (Å²) in [5, 5.41) is 10.4. The summed E-state index contributed by atoms with van der Waals surface area (Å²) in [6.07, 6.45) is -2.77. The van der Waals surface area contributed by atoms with Crippen molar-refractivity contribution < 1.29 is 36.6 Å². The molecule has 1 aliphatic heterocycles. The standard InChI is InChI=1S/C32H28F3N2O5P/c33-32(34,35)40-28-13-7-8-22(18-28)21-37-30(19-24-16-17-25(38)20-29(24)31(37)23-14-15-23)36-43(39,41-26-9-3-1-4-10-26)42-27-11-5-2-6-12-27/h1-13,16-18,20,23,31,38H,14-15,19,21H2/b36-30-. The first kappa shape index (κ1) is 28.7. The zero-order chi connectivity index (χ0) is 30.0. The molecular weight excluding hydrogens is 580 g/mol. The van der Waals surface area contributed by atoms with Crippen LogP contribution in [0.4, 0.5) is 13.2 Å². The van der Waals surface area contributed by atoms with Crippen molar-refractivity contribution in [2.24, 2.45) is 10.7 Å². The number of benzene rings is 4. The highest BCUT2D eigenvalue weighted by Gasteiger charge is 2.43. The van der Waals surface area contributed by atoms with Crippen molar-refractivity contribution in [3.05, 3.63) is 120 Å². The lowest BCUT2D eigenvalue weighted by atomic mass is 9.88. The summed E-state index contributed by atoms with van der Waals surface area (Å²) >= 11 is 0. The molecule has 0 amide bonds. The predicted molar refractivity (Wildman–Crippen MR) is 155 cm³/mol.